The number of rotatable bonds is 11. The SMILES string of the molecule is Cc1ccc(C)c(OCCCCn2c(CCCNC(=O)C3CC3)nc3ccccc32)c1. The fraction of sp³-hybridized carbons (Fsp3) is 0.462. The van der Waals surface area contributed by atoms with E-state index in [0.29, 0.717) is 0 Å². The van der Waals surface area contributed by atoms with E-state index < -0.39 is 0 Å². The maximum atomic E-state index is 11.8. The number of hydrogen-bond acceptors (Lipinski definition) is 3. The van der Waals surface area contributed by atoms with E-state index >= 15 is 0 Å². The summed E-state index contributed by atoms with van der Waals surface area (Å²) in [5, 5.41) is 3.06. The van der Waals surface area contributed by atoms with Gasteiger partial charge < -0.3 is 14.6 Å². The standard InChI is InChI=1S/C26H33N3O2/c1-19-11-12-20(2)24(18-19)31-17-6-5-16-29-23-9-4-3-8-22(23)28-25(29)10-7-15-27-26(30)21-13-14-21/h3-4,8-9,11-12,18,21H,5-7,10,13-17H2,1-2H3,(H,27,30). The molecule has 31 heavy (non-hydrogen) atoms. The van der Waals surface area contributed by atoms with Crippen LogP contribution in [-0.4, -0.2) is 28.6 Å². The lowest BCUT2D eigenvalue weighted by molar-refractivity contribution is -0.122. The van der Waals surface area contributed by atoms with E-state index in [0.717, 1.165) is 75.3 Å². The largest absolute Gasteiger partial charge is 0.493 e. The van der Waals surface area contributed by atoms with Gasteiger partial charge in [-0.2, -0.15) is 0 Å². The molecule has 0 bridgehead atoms. The summed E-state index contributed by atoms with van der Waals surface area (Å²) in [5.74, 6) is 2.59. The lowest BCUT2D eigenvalue weighted by atomic mass is 10.1. The van der Waals surface area contributed by atoms with Gasteiger partial charge in [-0.05, 0) is 75.3 Å². The second-order valence-corrected chi connectivity index (χ2v) is 8.66. The molecule has 0 atom stereocenters. The Hall–Kier alpha value is -2.82. The number of para-hydroxylation sites is 2. The Labute approximate surface area is 184 Å². The molecule has 3 aromatic rings. The molecule has 0 saturated heterocycles. The van der Waals surface area contributed by atoms with Crippen LogP contribution in [-0.2, 0) is 17.8 Å². The third-order valence-corrected chi connectivity index (χ3v) is 5.94. The second kappa shape index (κ2) is 9.99. The molecule has 0 radical (unpaired) electrons. The van der Waals surface area contributed by atoms with Crippen molar-refractivity contribution in [2.75, 3.05) is 13.2 Å². The van der Waals surface area contributed by atoms with E-state index in [-0.39, 0.29) is 11.8 Å². The van der Waals surface area contributed by atoms with Gasteiger partial charge in [-0.25, -0.2) is 4.98 Å². The monoisotopic (exact) mass is 419 g/mol. The molecule has 5 heteroatoms. The van der Waals surface area contributed by atoms with Crippen molar-refractivity contribution in [1.29, 1.82) is 0 Å². The third-order valence-electron chi connectivity index (χ3n) is 5.94. The number of aromatic nitrogens is 2. The van der Waals surface area contributed by atoms with Gasteiger partial charge in [0.05, 0.1) is 17.6 Å². The van der Waals surface area contributed by atoms with Gasteiger partial charge in [-0.1, -0.05) is 24.3 Å². The summed E-state index contributed by atoms with van der Waals surface area (Å²) in [7, 11) is 0. The molecule has 0 aliphatic heterocycles. The minimum Gasteiger partial charge on any atom is -0.493 e. The topological polar surface area (TPSA) is 56.1 Å². The third kappa shape index (κ3) is 5.66. The van der Waals surface area contributed by atoms with E-state index in [1.165, 1.54) is 16.6 Å². The molecule has 0 unspecified atom stereocenters. The van der Waals surface area contributed by atoms with Crippen LogP contribution >= 0.6 is 0 Å². The van der Waals surface area contributed by atoms with Crippen LogP contribution in [0.1, 0.15) is 49.1 Å². The van der Waals surface area contributed by atoms with Crippen molar-refractivity contribution < 1.29 is 9.53 Å². The first-order chi connectivity index (χ1) is 15.1. The molecule has 1 saturated carbocycles. The maximum absolute atomic E-state index is 11.8. The lowest BCUT2D eigenvalue weighted by Crippen LogP contribution is -2.26. The normalized spacial score (nSPS) is 13.5. The van der Waals surface area contributed by atoms with Gasteiger partial charge in [0, 0.05) is 25.4 Å². The number of imidazole rings is 1. The summed E-state index contributed by atoms with van der Waals surface area (Å²) in [6, 6.07) is 14.7. The van der Waals surface area contributed by atoms with Crippen molar-refractivity contribution >= 4 is 16.9 Å². The van der Waals surface area contributed by atoms with Crippen LogP contribution in [0.5, 0.6) is 5.75 Å². The summed E-state index contributed by atoms with van der Waals surface area (Å²) >= 11 is 0. The van der Waals surface area contributed by atoms with Crippen molar-refractivity contribution in [1.82, 2.24) is 14.9 Å². The van der Waals surface area contributed by atoms with Crippen molar-refractivity contribution in [2.45, 2.75) is 58.9 Å². The number of benzene rings is 2. The fourth-order valence-corrected chi connectivity index (χ4v) is 3.93. The number of ether oxygens (including phenoxy) is 1. The molecule has 1 amide bonds. The quantitative estimate of drug-likeness (QED) is 0.446. The van der Waals surface area contributed by atoms with Gasteiger partial charge >= 0.3 is 0 Å². The molecule has 0 spiro atoms. The Morgan fingerprint density at radius 1 is 1.13 bits per heavy atom. The minimum absolute atomic E-state index is 0.220. The van der Waals surface area contributed by atoms with Gasteiger partial charge in [0.2, 0.25) is 5.91 Å². The molecule has 1 N–H and O–H groups in total. The van der Waals surface area contributed by atoms with Crippen LogP contribution < -0.4 is 10.1 Å². The average Bonchev–Trinajstić information content (AvgIpc) is 3.56. The molecule has 4 rings (SSSR count). The summed E-state index contributed by atoms with van der Waals surface area (Å²) in [6.07, 6.45) is 5.92. The van der Waals surface area contributed by atoms with Crippen molar-refractivity contribution in [3.05, 3.63) is 59.4 Å². The number of unbranched alkanes of at least 4 members (excludes halogenated alkanes) is 1. The number of carbonyl (C=O) groups is 1. The van der Waals surface area contributed by atoms with Gasteiger partial charge in [-0.3, -0.25) is 4.79 Å². The molecule has 1 aliphatic carbocycles. The van der Waals surface area contributed by atoms with E-state index in [1.54, 1.807) is 0 Å². The smallest absolute Gasteiger partial charge is 0.223 e. The van der Waals surface area contributed by atoms with Gasteiger partial charge in [-0.15, -0.1) is 0 Å². The lowest BCUT2D eigenvalue weighted by Gasteiger charge is -2.12. The van der Waals surface area contributed by atoms with Crippen LogP contribution in [0.2, 0.25) is 0 Å². The van der Waals surface area contributed by atoms with E-state index in [9.17, 15) is 4.79 Å². The molecule has 1 aromatic heterocycles. The number of carbonyl (C=O) groups excluding carboxylic acids is 1. The second-order valence-electron chi connectivity index (χ2n) is 8.66. The maximum Gasteiger partial charge on any atom is 0.223 e. The summed E-state index contributed by atoms with van der Waals surface area (Å²) in [5.41, 5.74) is 4.65. The van der Waals surface area contributed by atoms with Crippen LogP contribution in [0, 0.1) is 19.8 Å². The summed E-state index contributed by atoms with van der Waals surface area (Å²) in [6.45, 7) is 6.56. The highest BCUT2D eigenvalue weighted by Crippen LogP contribution is 2.28. The highest BCUT2D eigenvalue weighted by atomic mass is 16.5. The zero-order chi connectivity index (χ0) is 21.6. The van der Waals surface area contributed by atoms with Crippen molar-refractivity contribution in [3.8, 4) is 5.75 Å². The van der Waals surface area contributed by atoms with Gasteiger partial charge in [0.25, 0.3) is 0 Å². The summed E-state index contributed by atoms with van der Waals surface area (Å²) < 4.78 is 8.36. The predicted molar refractivity (Wildman–Crippen MR) is 124 cm³/mol. The molecule has 1 heterocycles. The Kier molecular flexibility index (Phi) is 6.90. The zero-order valence-corrected chi connectivity index (χ0v) is 18.7. The number of nitrogens with zero attached hydrogens (tertiary/aromatic N) is 2. The Morgan fingerprint density at radius 2 is 1.97 bits per heavy atom. The number of hydrogen-bond donors (Lipinski definition) is 1. The predicted octanol–water partition coefficient (Wildman–Crippen LogP) is 4.97. The Bertz CT molecular complexity index is 1040. The van der Waals surface area contributed by atoms with E-state index in [1.807, 2.05) is 6.07 Å². The Balaban J connectivity index is 1.29. The first-order valence-corrected chi connectivity index (χ1v) is 11.5. The highest BCUT2D eigenvalue weighted by molar-refractivity contribution is 5.80. The highest BCUT2D eigenvalue weighted by Gasteiger charge is 2.29. The molecule has 1 aliphatic rings. The first-order valence-electron chi connectivity index (χ1n) is 11.5. The molecular formula is C26H33N3O2. The van der Waals surface area contributed by atoms with Gasteiger partial charge in [0.1, 0.15) is 11.6 Å². The van der Waals surface area contributed by atoms with Crippen molar-refractivity contribution in [3.63, 3.8) is 0 Å². The number of fused-ring (bicyclic) bond motifs is 1. The summed E-state index contributed by atoms with van der Waals surface area (Å²) in [4.78, 5) is 16.7. The van der Waals surface area contributed by atoms with E-state index in [2.05, 4.69) is 60.1 Å². The van der Waals surface area contributed by atoms with Gasteiger partial charge in [0.15, 0.2) is 0 Å². The number of nitrogens with one attached hydrogen (secondary N) is 1. The van der Waals surface area contributed by atoms with Crippen molar-refractivity contribution in [2.24, 2.45) is 5.92 Å². The Morgan fingerprint density at radius 3 is 2.81 bits per heavy atom. The molecule has 164 valence electrons. The van der Waals surface area contributed by atoms with Crippen LogP contribution in [0.25, 0.3) is 11.0 Å². The number of amides is 1. The fourth-order valence-electron chi connectivity index (χ4n) is 3.93. The minimum atomic E-state index is 0.220. The average molecular weight is 420 g/mol. The van der Waals surface area contributed by atoms with Crippen LogP contribution in [0.3, 0.4) is 0 Å². The molecular weight excluding hydrogens is 386 g/mol. The molecule has 5 nitrogen and oxygen atoms in total. The first kappa shape index (κ1) is 21.4. The molecule has 2 aromatic carbocycles. The number of aryl methyl sites for hydroxylation is 4. The molecule has 1 fully saturated rings. The van der Waals surface area contributed by atoms with Crippen LogP contribution in [0.15, 0.2) is 42.5 Å². The van der Waals surface area contributed by atoms with E-state index in [4.69, 9.17) is 9.72 Å². The zero-order valence-electron chi connectivity index (χ0n) is 18.7. The van der Waals surface area contributed by atoms with Crippen LogP contribution in [0.4, 0.5) is 0 Å².